The van der Waals surface area contributed by atoms with Crippen molar-refractivity contribution in [2.45, 2.75) is 31.4 Å². The summed E-state index contributed by atoms with van der Waals surface area (Å²) in [7, 11) is 0. The van der Waals surface area contributed by atoms with Gasteiger partial charge in [-0.05, 0) is 31.4 Å². The van der Waals surface area contributed by atoms with Gasteiger partial charge in [0.1, 0.15) is 5.75 Å². The molecule has 0 amide bonds. The third-order valence-electron chi connectivity index (χ3n) is 3.16. The van der Waals surface area contributed by atoms with E-state index < -0.39 is 5.54 Å². The van der Waals surface area contributed by atoms with E-state index in [9.17, 15) is 0 Å². The Labute approximate surface area is 104 Å². The van der Waals surface area contributed by atoms with Crippen LogP contribution in [0, 0.1) is 0 Å². The quantitative estimate of drug-likeness (QED) is 0.876. The van der Waals surface area contributed by atoms with Crippen LogP contribution in [0.3, 0.4) is 0 Å². The zero-order valence-electron chi connectivity index (χ0n) is 9.87. The maximum absolute atomic E-state index is 6.11. The predicted octanol–water partition coefficient (Wildman–Crippen LogP) is 1.38. The second-order valence-corrected chi connectivity index (χ2v) is 4.50. The lowest BCUT2D eigenvalue weighted by molar-refractivity contribution is 0.222. The lowest BCUT2D eigenvalue weighted by Gasteiger charge is -2.34. The Morgan fingerprint density at radius 3 is 3.00 bits per heavy atom. The highest BCUT2D eigenvalue weighted by Gasteiger charge is 2.38. The number of rotatable bonds is 4. The molecule has 0 unspecified atom stereocenters. The molecule has 1 fully saturated rings. The van der Waals surface area contributed by atoms with Crippen molar-refractivity contribution in [3.8, 4) is 5.75 Å². The largest absolute Gasteiger partial charge is 0.482 e. The van der Waals surface area contributed by atoms with Crippen LogP contribution >= 0.6 is 0 Å². The molecule has 2 heterocycles. The summed E-state index contributed by atoms with van der Waals surface area (Å²) in [4.78, 5) is 8.22. The van der Waals surface area contributed by atoms with Crippen molar-refractivity contribution in [2.75, 3.05) is 0 Å². The summed E-state index contributed by atoms with van der Waals surface area (Å²) in [6.07, 6.45) is 6.26. The van der Waals surface area contributed by atoms with Crippen LogP contribution < -0.4 is 10.5 Å². The Hall–Kier alpha value is -1.95. The third-order valence-corrected chi connectivity index (χ3v) is 3.16. The van der Waals surface area contributed by atoms with Crippen LogP contribution in [0.5, 0.6) is 5.75 Å². The van der Waals surface area contributed by atoms with Crippen molar-refractivity contribution < 1.29 is 9.26 Å². The van der Waals surface area contributed by atoms with Gasteiger partial charge in [0.2, 0.25) is 0 Å². The molecule has 6 nitrogen and oxygen atoms in total. The van der Waals surface area contributed by atoms with Gasteiger partial charge in [-0.1, -0.05) is 5.16 Å². The molecule has 3 rings (SSSR count). The van der Waals surface area contributed by atoms with Crippen molar-refractivity contribution in [1.29, 1.82) is 0 Å². The highest BCUT2D eigenvalue weighted by atomic mass is 16.5. The van der Waals surface area contributed by atoms with Crippen LogP contribution in [0.2, 0.25) is 0 Å². The zero-order chi connectivity index (χ0) is 12.4. The summed E-state index contributed by atoms with van der Waals surface area (Å²) in [6.45, 7) is 0.231. The fourth-order valence-electron chi connectivity index (χ4n) is 1.87. The monoisotopic (exact) mass is 246 g/mol. The fraction of sp³-hybridized carbons (Fsp3) is 0.417. The first-order valence-corrected chi connectivity index (χ1v) is 5.91. The van der Waals surface area contributed by atoms with E-state index in [1.54, 1.807) is 18.5 Å². The minimum Gasteiger partial charge on any atom is -0.482 e. The van der Waals surface area contributed by atoms with Crippen LogP contribution in [-0.4, -0.2) is 15.1 Å². The molecule has 1 aliphatic rings. The van der Waals surface area contributed by atoms with Gasteiger partial charge in [0, 0.05) is 6.20 Å². The first kappa shape index (κ1) is 11.2. The van der Waals surface area contributed by atoms with Crippen LogP contribution in [-0.2, 0) is 12.1 Å². The van der Waals surface area contributed by atoms with Crippen molar-refractivity contribution in [3.63, 3.8) is 0 Å². The van der Waals surface area contributed by atoms with Crippen LogP contribution in [0.4, 0.5) is 0 Å². The number of nitrogens with two attached hydrogens (primary N) is 1. The molecule has 2 N–H and O–H groups in total. The molecular formula is C12H14N4O2. The smallest absolute Gasteiger partial charge is 0.264 e. The standard InChI is InChI=1S/C12H14N4O2/c13-12(4-2-5-12)11-15-10(18-16-11)8-17-9-3-1-6-14-7-9/h1,3,6-7H,2,4-5,8,13H2. The van der Waals surface area contributed by atoms with E-state index in [1.807, 2.05) is 6.07 Å². The van der Waals surface area contributed by atoms with E-state index in [4.69, 9.17) is 15.0 Å². The maximum atomic E-state index is 6.11. The highest BCUT2D eigenvalue weighted by Crippen LogP contribution is 2.36. The van der Waals surface area contributed by atoms with Gasteiger partial charge >= 0.3 is 0 Å². The molecule has 6 heteroatoms. The van der Waals surface area contributed by atoms with E-state index in [0.29, 0.717) is 17.5 Å². The molecule has 1 saturated carbocycles. The van der Waals surface area contributed by atoms with Crippen molar-refractivity contribution in [2.24, 2.45) is 5.73 Å². The molecule has 2 aromatic rings. The van der Waals surface area contributed by atoms with Gasteiger partial charge in [0.25, 0.3) is 5.89 Å². The van der Waals surface area contributed by atoms with E-state index in [-0.39, 0.29) is 6.61 Å². The molecule has 0 spiro atoms. The lowest BCUT2D eigenvalue weighted by Crippen LogP contribution is -2.44. The number of aromatic nitrogens is 3. The molecule has 0 radical (unpaired) electrons. The molecule has 1 aliphatic carbocycles. The highest BCUT2D eigenvalue weighted by molar-refractivity contribution is 5.15. The van der Waals surface area contributed by atoms with E-state index in [2.05, 4.69) is 15.1 Å². The molecule has 2 aromatic heterocycles. The topological polar surface area (TPSA) is 87.1 Å². The number of hydrogen-bond acceptors (Lipinski definition) is 6. The van der Waals surface area contributed by atoms with Crippen molar-refractivity contribution in [1.82, 2.24) is 15.1 Å². The Kier molecular flexibility index (Phi) is 2.71. The fourth-order valence-corrected chi connectivity index (χ4v) is 1.87. The van der Waals surface area contributed by atoms with E-state index in [1.165, 1.54) is 0 Å². The maximum Gasteiger partial charge on any atom is 0.264 e. The summed E-state index contributed by atoms with van der Waals surface area (Å²) in [5.74, 6) is 1.69. The number of ether oxygens (including phenoxy) is 1. The van der Waals surface area contributed by atoms with Gasteiger partial charge in [-0.2, -0.15) is 4.98 Å². The summed E-state index contributed by atoms with van der Waals surface area (Å²) in [6, 6.07) is 3.62. The Morgan fingerprint density at radius 2 is 2.33 bits per heavy atom. The second kappa shape index (κ2) is 4.38. The van der Waals surface area contributed by atoms with Gasteiger partial charge in [-0.3, -0.25) is 4.98 Å². The zero-order valence-corrected chi connectivity index (χ0v) is 9.87. The van der Waals surface area contributed by atoms with Gasteiger partial charge < -0.3 is 15.0 Å². The molecule has 0 aromatic carbocycles. The summed E-state index contributed by atoms with van der Waals surface area (Å²) in [5.41, 5.74) is 5.72. The third kappa shape index (κ3) is 2.06. The molecule has 0 bridgehead atoms. The molecule has 18 heavy (non-hydrogen) atoms. The minimum absolute atomic E-state index is 0.231. The van der Waals surface area contributed by atoms with Gasteiger partial charge in [-0.15, -0.1) is 0 Å². The minimum atomic E-state index is -0.393. The van der Waals surface area contributed by atoms with Gasteiger partial charge in [0.05, 0.1) is 11.7 Å². The first-order chi connectivity index (χ1) is 8.76. The summed E-state index contributed by atoms with van der Waals surface area (Å²) >= 11 is 0. The Balaban J connectivity index is 1.64. The molecule has 0 saturated heterocycles. The molecular weight excluding hydrogens is 232 g/mol. The number of pyridine rings is 1. The van der Waals surface area contributed by atoms with Crippen molar-refractivity contribution in [3.05, 3.63) is 36.2 Å². The normalized spacial score (nSPS) is 17.2. The predicted molar refractivity (Wildman–Crippen MR) is 62.6 cm³/mol. The van der Waals surface area contributed by atoms with E-state index in [0.717, 1.165) is 19.3 Å². The average molecular weight is 246 g/mol. The lowest BCUT2D eigenvalue weighted by atomic mass is 9.77. The van der Waals surface area contributed by atoms with Crippen LogP contribution in [0.15, 0.2) is 29.0 Å². The summed E-state index contributed by atoms with van der Waals surface area (Å²) in [5, 5.41) is 3.92. The number of hydrogen-bond donors (Lipinski definition) is 1. The summed E-state index contributed by atoms with van der Waals surface area (Å²) < 4.78 is 10.6. The van der Waals surface area contributed by atoms with Gasteiger partial charge in [0.15, 0.2) is 12.4 Å². The molecule has 0 aliphatic heterocycles. The Bertz CT molecular complexity index is 522. The average Bonchev–Trinajstić information content (AvgIpc) is 2.84. The molecule has 0 atom stereocenters. The van der Waals surface area contributed by atoms with Crippen molar-refractivity contribution >= 4 is 0 Å². The SMILES string of the molecule is NC1(c2noc(COc3cccnc3)n2)CCC1. The number of nitrogens with zero attached hydrogens (tertiary/aromatic N) is 3. The Morgan fingerprint density at radius 1 is 1.44 bits per heavy atom. The van der Waals surface area contributed by atoms with Crippen LogP contribution in [0.25, 0.3) is 0 Å². The van der Waals surface area contributed by atoms with E-state index >= 15 is 0 Å². The second-order valence-electron chi connectivity index (χ2n) is 4.50. The molecule has 94 valence electrons. The first-order valence-electron chi connectivity index (χ1n) is 5.91. The van der Waals surface area contributed by atoms with Gasteiger partial charge in [-0.25, -0.2) is 0 Å². The van der Waals surface area contributed by atoms with Crippen LogP contribution in [0.1, 0.15) is 31.0 Å².